The summed E-state index contributed by atoms with van der Waals surface area (Å²) in [6.45, 7) is 5.15. The zero-order chi connectivity index (χ0) is 8.06. The second-order valence-electron chi connectivity index (χ2n) is 3.74. The highest BCUT2D eigenvalue weighted by atomic mass is 16.6. The summed E-state index contributed by atoms with van der Waals surface area (Å²) < 4.78 is 10.9. The van der Waals surface area contributed by atoms with Crippen LogP contribution in [0.2, 0.25) is 0 Å². The van der Waals surface area contributed by atoms with E-state index in [9.17, 15) is 5.11 Å². The molecule has 2 heterocycles. The van der Waals surface area contributed by atoms with Crippen molar-refractivity contribution in [1.82, 2.24) is 0 Å². The fourth-order valence-corrected chi connectivity index (χ4v) is 2.02. The number of ether oxygens (including phenoxy) is 2. The SMILES string of the molecule is CC1CO[C@]2(C)C(O)CO[C@H]12. The van der Waals surface area contributed by atoms with Crippen LogP contribution in [0.1, 0.15) is 13.8 Å². The van der Waals surface area contributed by atoms with Gasteiger partial charge in [0.05, 0.1) is 19.3 Å². The van der Waals surface area contributed by atoms with Gasteiger partial charge >= 0.3 is 0 Å². The first kappa shape index (κ1) is 7.53. The van der Waals surface area contributed by atoms with Gasteiger partial charge in [-0.1, -0.05) is 6.92 Å². The van der Waals surface area contributed by atoms with Gasteiger partial charge < -0.3 is 14.6 Å². The largest absolute Gasteiger partial charge is 0.388 e. The van der Waals surface area contributed by atoms with Gasteiger partial charge in [0, 0.05) is 5.92 Å². The van der Waals surface area contributed by atoms with Gasteiger partial charge in [-0.2, -0.15) is 0 Å². The molecule has 4 atom stereocenters. The van der Waals surface area contributed by atoms with Crippen molar-refractivity contribution in [2.75, 3.05) is 13.2 Å². The number of fused-ring (bicyclic) bond motifs is 1. The van der Waals surface area contributed by atoms with Crippen molar-refractivity contribution in [3.05, 3.63) is 0 Å². The van der Waals surface area contributed by atoms with E-state index in [-0.39, 0.29) is 6.10 Å². The minimum absolute atomic E-state index is 0.0949. The molecule has 11 heavy (non-hydrogen) atoms. The first-order chi connectivity index (χ1) is 5.14. The van der Waals surface area contributed by atoms with E-state index in [0.717, 1.165) is 0 Å². The molecule has 0 radical (unpaired) electrons. The van der Waals surface area contributed by atoms with Crippen molar-refractivity contribution in [2.24, 2.45) is 5.92 Å². The molecule has 64 valence electrons. The topological polar surface area (TPSA) is 38.7 Å². The van der Waals surface area contributed by atoms with Crippen molar-refractivity contribution in [2.45, 2.75) is 31.7 Å². The van der Waals surface area contributed by atoms with Crippen molar-refractivity contribution >= 4 is 0 Å². The first-order valence-corrected chi connectivity index (χ1v) is 4.08. The summed E-state index contributed by atoms with van der Waals surface area (Å²) in [5.74, 6) is 0.414. The lowest BCUT2D eigenvalue weighted by Gasteiger charge is -2.24. The van der Waals surface area contributed by atoms with E-state index in [4.69, 9.17) is 9.47 Å². The molecule has 2 aliphatic rings. The quantitative estimate of drug-likeness (QED) is 0.546. The summed E-state index contributed by atoms with van der Waals surface area (Å²) >= 11 is 0. The van der Waals surface area contributed by atoms with E-state index in [2.05, 4.69) is 6.92 Å². The molecule has 2 unspecified atom stereocenters. The second kappa shape index (κ2) is 2.19. The molecule has 0 aliphatic carbocycles. The smallest absolute Gasteiger partial charge is 0.120 e. The average molecular weight is 158 g/mol. The maximum atomic E-state index is 9.53. The maximum Gasteiger partial charge on any atom is 0.120 e. The van der Waals surface area contributed by atoms with Gasteiger partial charge in [-0.05, 0) is 6.92 Å². The highest BCUT2D eigenvalue weighted by molar-refractivity contribution is 5.03. The molecular weight excluding hydrogens is 144 g/mol. The zero-order valence-corrected chi connectivity index (χ0v) is 6.91. The fraction of sp³-hybridized carbons (Fsp3) is 1.00. The van der Waals surface area contributed by atoms with Crippen molar-refractivity contribution < 1.29 is 14.6 Å². The van der Waals surface area contributed by atoms with E-state index in [1.54, 1.807) is 0 Å². The third-order valence-corrected chi connectivity index (χ3v) is 2.83. The predicted molar refractivity (Wildman–Crippen MR) is 39.3 cm³/mol. The van der Waals surface area contributed by atoms with Crippen molar-refractivity contribution in [1.29, 1.82) is 0 Å². The number of aliphatic hydroxyl groups is 1. The van der Waals surface area contributed by atoms with E-state index >= 15 is 0 Å². The Kier molecular flexibility index (Phi) is 1.50. The molecule has 2 saturated heterocycles. The van der Waals surface area contributed by atoms with E-state index in [1.807, 2.05) is 6.92 Å². The minimum Gasteiger partial charge on any atom is -0.388 e. The van der Waals surface area contributed by atoms with Gasteiger partial charge in [0.15, 0.2) is 0 Å². The van der Waals surface area contributed by atoms with Crippen molar-refractivity contribution in [3.8, 4) is 0 Å². The van der Waals surface area contributed by atoms with Gasteiger partial charge in [-0.3, -0.25) is 0 Å². The normalized spacial score (nSPS) is 56.5. The summed E-state index contributed by atoms with van der Waals surface area (Å²) in [5.41, 5.74) is -0.431. The Bertz CT molecular complexity index is 171. The standard InChI is InChI=1S/C8H14O3/c1-5-3-11-8(2)6(9)4-10-7(5)8/h5-7,9H,3-4H2,1-2H3/t5?,6?,7-,8-/m1/s1. The molecule has 0 aromatic heterocycles. The summed E-state index contributed by atoms with van der Waals surface area (Å²) in [6.07, 6.45) is -0.352. The van der Waals surface area contributed by atoms with E-state index < -0.39 is 11.7 Å². The molecule has 0 aromatic rings. The van der Waals surface area contributed by atoms with Crippen LogP contribution >= 0.6 is 0 Å². The van der Waals surface area contributed by atoms with Crippen LogP contribution in [0.5, 0.6) is 0 Å². The Morgan fingerprint density at radius 2 is 2.18 bits per heavy atom. The molecule has 0 bridgehead atoms. The van der Waals surface area contributed by atoms with Crippen LogP contribution in [-0.4, -0.2) is 36.1 Å². The third-order valence-electron chi connectivity index (χ3n) is 2.83. The van der Waals surface area contributed by atoms with Crippen LogP contribution in [0.25, 0.3) is 0 Å². The predicted octanol–water partition coefficient (Wildman–Crippen LogP) is 0.171. The minimum atomic E-state index is -0.447. The molecule has 0 spiro atoms. The maximum absolute atomic E-state index is 9.53. The van der Waals surface area contributed by atoms with Crippen LogP contribution in [0, 0.1) is 5.92 Å². The number of hydrogen-bond donors (Lipinski definition) is 1. The molecule has 3 nitrogen and oxygen atoms in total. The lowest BCUT2D eigenvalue weighted by atomic mass is 9.91. The van der Waals surface area contributed by atoms with Crippen LogP contribution in [0.15, 0.2) is 0 Å². The number of aliphatic hydroxyl groups excluding tert-OH is 1. The molecule has 0 aromatic carbocycles. The van der Waals surface area contributed by atoms with Gasteiger partial charge in [0.2, 0.25) is 0 Å². The molecule has 0 saturated carbocycles. The third kappa shape index (κ3) is 0.849. The lowest BCUT2D eigenvalue weighted by molar-refractivity contribution is -0.0621. The highest BCUT2D eigenvalue weighted by Gasteiger charge is 2.54. The Balaban J connectivity index is 2.23. The highest BCUT2D eigenvalue weighted by Crippen LogP contribution is 2.39. The Labute approximate surface area is 66.3 Å². The first-order valence-electron chi connectivity index (χ1n) is 4.08. The molecule has 2 rings (SSSR count). The Morgan fingerprint density at radius 1 is 1.45 bits per heavy atom. The van der Waals surface area contributed by atoms with Crippen molar-refractivity contribution in [3.63, 3.8) is 0 Å². The van der Waals surface area contributed by atoms with Crippen LogP contribution < -0.4 is 0 Å². The van der Waals surface area contributed by atoms with Gasteiger partial charge in [0.25, 0.3) is 0 Å². The number of hydrogen-bond acceptors (Lipinski definition) is 3. The molecule has 2 aliphatic heterocycles. The molecule has 2 fully saturated rings. The molecule has 1 N–H and O–H groups in total. The van der Waals surface area contributed by atoms with E-state index in [1.165, 1.54) is 0 Å². The summed E-state index contributed by atoms with van der Waals surface area (Å²) in [5, 5.41) is 9.53. The Morgan fingerprint density at radius 3 is 2.82 bits per heavy atom. The summed E-state index contributed by atoms with van der Waals surface area (Å²) in [4.78, 5) is 0. The second-order valence-corrected chi connectivity index (χ2v) is 3.74. The fourth-order valence-electron chi connectivity index (χ4n) is 2.02. The molecular formula is C8H14O3. The van der Waals surface area contributed by atoms with Crippen LogP contribution in [0.4, 0.5) is 0 Å². The van der Waals surface area contributed by atoms with Gasteiger partial charge in [0.1, 0.15) is 11.7 Å². The summed E-state index contributed by atoms with van der Waals surface area (Å²) in [6, 6.07) is 0. The monoisotopic (exact) mass is 158 g/mol. The zero-order valence-electron chi connectivity index (χ0n) is 6.91. The van der Waals surface area contributed by atoms with Gasteiger partial charge in [-0.15, -0.1) is 0 Å². The lowest BCUT2D eigenvalue weighted by Crippen LogP contribution is -2.42. The average Bonchev–Trinajstić information content (AvgIpc) is 2.39. The summed E-state index contributed by atoms with van der Waals surface area (Å²) in [7, 11) is 0. The van der Waals surface area contributed by atoms with E-state index in [0.29, 0.717) is 19.1 Å². The van der Waals surface area contributed by atoms with Crippen LogP contribution in [-0.2, 0) is 9.47 Å². The number of rotatable bonds is 0. The molecule has 0 amide bonds. The Hall–Kier alpha value is -0.120. The van der Waals surface area contributed by atoms with Crippen LogP contribution in [0.3, 0.4) is 0 Å². The molecule has 3 heteroatoms. The van der Waals surface area contributed by atoms with Gasteiger partial charge in [-0.25, -0.2) is 0 Å².